The molecule has 72 valence electrons. The fourth-order valence-electron chi connectivity index (χ4n) is 0.836. The van der Waals surface area contributed by atoms with E-state index in [-0.39, 0.29) is 13.0 Å². The molecule has 1 aliphatic rings. The zero-order valence-corrected chi connectivity index (χ0v) is 7.20. The van der Waals surface area contributed by atoms with Crippen molar-refractivity contribution in [1.82, 2.24) is 10.4 Å². The van der Waals surface area contributed by atoms with E-state index in [1.165, 1.54) is 0 Å². The SMILES string of the molecule is CCC(=O)ON1CCNC(=O)C1=O. The van der Waals surface area contributed by atoms with Gasteiger partial charge in [-0.15, -0.1) is 0 Å². The minimum Gasteiger partial charge on any atom is -0.346 e. The summed E-state index contributed by atoms with van der Waals surface area (Å²) in [6.07, 6.45) is 0.172. The molecule has 6 heteroatoms. The van der Waals surface area contributed by atoms with Crippen molar-refractivity contribution in [2.24, 2.45) is 0 Å². The fourth-order valence-corrected chi connectivity index (χ4v) is 0.836. The highest BCUT2D eigenvalue weighted by atomic mass is 16.7. The molecule has 0 aromatic rings. The van der Waals surface area contributed by atoms with Crippen LogP contribution in [0, 0.1) is 0 Å². The molecule has 1 heterocycles. The molecule has 0 saturated carbocycles. The van der Waals surface area contributed by atoms with Crippen LogP contribution in [0.5, 0.6) is 0 Å². The van der Waals surface area contributed by atoms with Crippen LogP contribution in [0.4, 0.5) is 0 Å². The van der Waals surface area contributed by atoms with E-state index in [9.17, 15) is 14.4 Å². The summed E-state index contributed by atoms with van der Waals surface area (Å²) >= 11 is 0. The van der Waals surface area contributed by atoms with E-state index < -0.39 is 17.8 Å². The number of hydroxylamine groups is 2. The average Bonchev–Trinajstić information content (AvgIpc) is 2.13. The smallest absolute Gasteiger partial charge is 0.344 e. The molecule has 2 amide bonds. The van der Waals surface area contributed by atoms with Gasteiger partial charge in [-0.25, -0.2) is 4.79 Å². The summed E-state index contributed by atoms with van der Waals surface area (Å²) in [4.78, 5) is 37.2. The van der Waals surface area contributed by atoms with E-state index in [0.717, 1.165) is 5.06 Å². The fraction of sp³-hybridized carbons (Fsp3) is 0.571. The van der Waals surface area contributed by atoms with Crippen molar-refractivity contribution >= 4 is 17.8 Å². The molecular weight excluding hydrogens is 176 g/mol. The number of rotatable bonds is 2. The lowest BCUT2D eigenvalue weighted by atomic mass is 10.4. The molecule has 1 fully saturated rings. The van der Waals surface area contributed by atoms with Gasteiger partial charge in [-0.3, -0.25) is 9.59 Å². The topological polar surface area (TPSA) is 75.7 Å². The normalized spacial score (nSPS) is 16.8. The zero-order valence-electron chi connectivity index (χ0n) is 7.20. The third-order valence-electron chi connectivity index (χ3n) is 1.52. The quantitative estimate of drug-likeness (QED) is 0.550. The molecule has 6 nitrogen and oxygen atoms in total. The standard InChI is InChI=1S/C7H10N2O4/c1-2-5(10)13-9-4-3-8-6(11)7(9)12/h2-4H2,1H3,(H,8,11). The maximum Gasteiger partial charge on any atom is 0.344 e. The van der Waals surface area contributed by atoms with E-state index in [0.29, 0.717) is 6.54 Å². The van der Waals surface area contributed by atoms with Crippen molar-refractivity contribution in [3.8, 4) is 0 Å². The summed E-state index contributed by atoms with van der Waals surface area (Å²) < 4.78 is 0. The monoisotopic (exact) mass is 186 g/mol. The Bertz CT molecular complexity index is 251. The van der Waals surface area contributed by atoms with E-state index in [1.54, 1.807) is 6.92 Å². The van der Waals surface area contributed by atoms with Gasteiger partial charge in [0.05, 0.1) is 6.54 Å². The first-order valence-corrected chi connectivity index (χ1v) is 3.95. The first-order valence-electron chi connectivity index (χ1n) is 3.95. The van der Waals surface area contributed by atoms with Crippen LogP contribution in [0.1, 0.15) is 13.3 Å². The number of amides is 2. The second-order valence-electron chi connectivity index (χ2n) is 2.48. The van der Waals surface area contributed by atoms with Crippen LogP contribution >= 0.6 is 0 Å². The number of nitrogens with zero attached hydrogens (tertiary/aromatic N) is 1. The van der Waals surface area contributed by atoms with Gasteiger partial charge in [-0.1, -0.05) is 6.92 Å². The Hall–Kier alpha value is -1.59. The Morgan fingerprint density at radius 3 is 2.92 bits per heavy atom. The molecule has 0 aromatic carbocycles. The molecule has 1 N–H and O–H groups in total. The van der Waals surface area contributed by atoms with Gasteiger partial charge in [0.2, 0.25) is 0 Å². The van der Waals surface area contributed by atoms with Crippen LogP contribution < -0.4 is 5.32 Å². The molecule has 0 radical (unpaired) electrons. The maximum atomic E-state index is 11.0. The predicted molar refractivity (Wildman–Crippen MR) is 41.1 cm³/mol. The van der Waals surface area contributed by atoms with Crippen LogP contribution in [0.3, 0.4) is 0 Å². The van der Waals surface area contributed by atoms with Crippen molar-refractivity contribution < 1.29 is 19.2 Å². The second-order valence-corrected chi connectivity index (χ2v) is 2.48. The number of carbonyl (C=O) groups is 3. The lowest BCUT2D eigenvalue weighted by Crippen LogP contribution is -2.52. The summed E-state index contributed by atoms with van der Waals surface area (Å²) in [6.45, 7) is 2.12. The Morgan fingerprint density at radius 2 is 2.31 bits per heavy atom. The summed E-state index contributed by atoms with van der Waals surface area (Å²) in [7, 11) is 0. The van der Waals surface area contributed by atoms with Crippen molar-refractivity contribution in [2.75, 3.05) is 13.1 Å². The zero-order chi connectivity index (χ0) is 9.84. The molecule has 1 rings (SSSR count). The summed E-state index contributed by atoms with van der Waals surface area (Å²) in [5.74, 6) is -2.09. The second kappa shape index (κ2) is 3.88. The maximum absolute atomic E-state index is 11.0. The first-order chi connectivity index (χ1) is 6.15. The van der Waals surface area contributed by atoms with Crippen LogP contribution in [0.15, 0.2) is 0 Å². The van der Waals surface area contributed by atoms with Crippen LogP contribution in [-0.2, 0) is 19.2 Å². The molecular formula is C7H10N2O4. The molecule has 0 aliphatic carbocycles. The number of hydrogen-bond acceptors (Lipinski definition) is 4. The number of piperazine rings is 1. The Labute approximate surface area is 74.8 Å². The number of hydrogen-bond donors (Lipinski definition) is 1. The van der Waals surface area contributed by atoms with E-state index in [2.05, 4.69) is 10.2 Å². The third kappa shape index (κ3) is 2.17. The molecule has 0 atom stereocenters. The van der Waals surface area contributed by atoms with E-state index >= 15 is 0 Å². The van der Waals surface area contributed by atoms with Crippen LogP contribution in [-0.4, -0.2) is 35.9 Å². The third-order valence-corrected chi connectivity index (χ3v) is 1.52. The van der Waals surface area contributed by atoms with Crippen molar-refractivity contribution in [3.05, 3.63) is 0 Å². The summed E-state index contributed by atoms with van der Waals surface area (Å²) in [5.41, 5.74) is 0. The Kier molecular flexibility index (Phi) is 2.84. The largest absolute Gasteiger partial charge is 0.346 e. The molecule has 0 spiro atoms. The summed E-state index contributed by atoms with van der Waals surface area (Å²) in [6, 6.07) is 0. The van der Waals surface area contributed by atoms with Crippen molar-refractivity contribution in [3.63, 3.8) is 0 Å². The van der Waals surface area contributed by atoms with Crippen LogP contribution in [0.25, 0.3) is 0 Å². The summed E-state index contributed by atoms with van der Waals surface area (Å²) in [5, 5.41) is 3.11. The lowest BCUT2D eigenvalue weighted by molar-refractivity contribution is -0.200. The van der Waals surface area contributed by atoms with Gasteiger partial charge in [-0.2, -0.15) is 5.06 Å². The number of nitrogens with one attached hydrogen (secondary N) is 1. The lowest BCUT2D eigenvalue weighted by Gasteiger charge is -2.24. The molecule has 1 aliphatic heterocycles. The van der Waals surface area contributed by atoms with Gasteiger partial charge in [0.1, 0.15) is 0 Å². The van der Waals surface area contributed by atoms with Crippen LogP contribution in [0.2, 0.25) is 0 Å². The van der Waals surface area contributed by atoms with Crippen molar-refractivity contribution in [1.29, 1.82) is 0 Å². The first kappa shape index (κ1) is 9.50. The van der Waals surface area contributed by atoms with E-state index in [4.69, 9.17) is 0 Å². The molecule has 0 unspecified atom stereocenters. The minimum absolute atomic E-state index is 0.172. The highest BCUT2D eigenvalue weighted by Crippen LogP contribution is 1.98. The van der Waals surface area contributed by atoms with Gasteiger partial charge >= 0.3 is 17.8 Å². The molecule has 1 saturated heterocycles. The van der Waals surface area contributed by atoms with Gasteiger partial charge in [0.15, 0.2) is 0 Å². The Morgan fingerprint density at radius 1 is 1.62 bits per heavy atom. The number of carbonyl (C=O) groups excluding carboxylic acids is 3. The molecule has 0 aromatic heterocycles. The molecule has 0 bridgehead atoms. The molecule has 13 heavy (non-hydrogen) atoms. The average molecular weight is 186 g/mol. The van der Waals surface area contributed by atoms with Gasteiger partial charge < -0.3 is 10.2 Å². The van der Waals surface area contributed by atoms with Gasteiger partial charge in [0, 0.05) is 13.0 Å². The predicted octanol–water partition coefficient (Wildman–Crippen LogP) is -1.19. The van der Waals surface area contributed by atoms with Gasteiger partial charge in [-0.05, 0) is 0 Å². The minimum atomic E-state index is -0.826. The van der Waals surface area contributed by atoms with Gasteiger partial charge in [0.25, 0.3) is 0 Å². The van der Waals surface area contributed by atoms with E-state index in [1.807, 2.05) is 0 Å². The Balaban J connectivity index is 2.54. The highest BCUT2D eigenvalue weighted by Gasteiger charge is 2.28. The highest BCUT2D eigenvalue weighted by molar-refractivity contribution is 6.35. The van der Waals surface area contributed by atoms with Crippen molar-refractivity contribution in [2.45, 2.75) is 13.3 Å².